The van der Waals surface area contributed by atoms with E-state index in [0.717, 1.165) is 30.2 Å². The van der Waals surface area contributed by atoms with E-state index in [9.17, 15) is 14.4 Å². The van der Waals surface area contributed by atoms with Crippen LogP contribution in [-0.4, -0.2) is 44.9 Å². The number of aromatic nitrogens is 1. The minimum Gasteiger partial charge on any atom is -0.480 e. The van der Waals surface area contributed by atoms with Gasteiger partial charge in [0.05, 0.1) is 0 Å². The second-order valence-electron chi connectivity index (χ2n) is 6.95. The van der Waals surface area contributed by atoms with Crippen LogP contribution in [0.3, 0.4) is 0 Å². The number of fused-ring (bicyclic) bond motifs is 1. The van der Waals surface area contributed by atoms with Crippen LogP contribution in [0.15, 0.2) is 30.5 Å². The highest BCUT2D eigenvalue weighted by atomic mass is 16.4. The van der Waals surface area contributed by atoms with E-state index < -0.39 is 12.0 Å². The fourth-order valence-electron chi connectivity index (χ4n) is 3.65. The number of piperidine rings is 1. The zero-order valence-corrected chi connectivity index (χ0v) is 15.5. The molecule has 1 atom stereocenters. The standard InChI is InChI=1S/C20H25N3O4/c1-2-5-18(24)23-10-4-3-6-17(23)20(27)21-15-7-8-16-14(12-15)9-11-22(16)13-19(25)26/h7-9,11-12,17H,2-6,10,13H2,1H3,(H,21,27)(H,25,26). The van der Waals surface area contributed by atoms with E-state index in [0.29, 0.717) is 25.1 Å². The van der Waals surface area contributed by atoms with Crippen molar-refractivity contribution >= 4 is 34.4 Å². The van der Waals surface area contributed by atoms with Gasteiger partial charge in [-0.2, -0.15) is 0 Å². The lowest BCUT2D eigenvalue weighted by Gasteiger charge is -2.34. The lowest BCUT2D eigenvalue weighted by Crippen LogP contribution is -2.49. The lowest BCUT2D eigenvalue weighted by molar-refractivity contribution is -0.140. The summed E-state index contributed by atoms with van der Waals surface area (Å²) in [5, 5.41) is 12.7. The zero-order chi connectivity index (χ0) is 19.4. The molecule has 0 spiro atoms. The number of likely N-dealkylation sites (tertiary alicyclic amines) is 1. The first-order chi connectivity index (χ1) is 13.0. The van der Waals surface area contributed by atoms with Gasteiger partial charge < -0.3 is 19.9 Å². The summed E-state index contributed by atoms with van der Waals surface area (Å²) >= 11 is 0. The number of anilines is 1. The number of benzene rings is 1. The molecule has 1 aromatic carbocycles. The van der Waals surface area contributed by atoms with Crippen molar-refractivity contribution in [3.05, 3.63) is 30.5 Å². The molecule has 7 heteroatoms. The van der Waals surface area contributed by atoms with Crippen LogP contribution >= 0.6 is 0 Å². The molecule has 144 valence electrons. The molecular weight excluding hydrogens is 346 g/mol. The number of hydrogen-bond donors (Lipinski definition) is 2. The third-order valence-electron chi connectivity index (χ3n) is 4.93. The van der Waals surface area contributed by atoms with Crippen molar-refractivity contribution in [1.82, 2.24) is 9.47 Å². The van der Waals surface area contributed by atoms with Gasteiger partial charge in [0.25, 0.3) is 0 Å². The number of carbonyl (C=O) groups is 3. The van der Waals surface area contributed by atoms with Gasteiger partial charge in [0, 0.05) is 35.8 Å². The van der Waals surface area contributed by atoms with Crippen molar-refractivity contribution in [2.45, 2.75) is 51.6 Å². The van der Waals surface area contributed by atoms with E-state index >= 15 is 0 Å². The molecule has 1 aliphatic rings. The van der Waals surface area contributed by atoms with Crippen LogP contribution < -0.4 is 5.32 Å². The van der Waals surface area contributed by atoms with E-state index in [2.05, 4.69) is 5.32 Å². The van der Waals surface area contributed by atoms with Gasteiger partial charge in [0.15, 0.2) is 0 Å². The lowest BCUT2D eigenvalue weighted by atomic mass is 10.0. The monoisotopic (exact) mass is 371 g/mol. The first kappa shape index (κ1) is 18.9. The molecule has 2 heterocycles. The van der Waals surface area contributed by atoms with Gasteiger partial charge in [0.1, 0.15) is 12.6 Å². The summed E-state index contributed by atoms with van der Waals surface area (Å²) in [6, 6.07) is 6.79. The minimum atomic E-state index is -0.904. The highest BCUT2D eigenvalue weighted by Crippen LogP contribution is 2.23. The number of nitrogens with one attached hydrogen (secondary N) is 1. The van der Waals surface area contributed by atoms with Crippen LogP contribution in [-0.2, 0) is 20.9 Å². The number of carboxylic acids is 1. The van der Waals surface area contributed by atoms with Crippen LogP contribution in [0.2, 0.25) is 0 Å². The van der Waals surface area contributed by atoms with Crippen molar-refractivity contribution in [2.24, 2.45) is 0 Å². The van der Waals surface area contributed by atoms with Crippen LogP contribution in [0, 0.1) is 0 Å². The van der Waals surface area contributed by atoms with Crippen LogP contribution in [0.5, 0.6) is 0 Å². The Bertz CT molecular complexity index is 858. The largest absolute Gasteiger partial charge is 0.480 e. The summed E-state index contributed by atoms with van der Waals surface area (Å²) in [4.78, 5) is 37.7. The molecular formula is C20H25N3O4. The number of aliphatic carboxylic acids is 1. The Morgan fingerprint density at radius 3 is 2.78 bits per heavy atom. The molecule has 0 radical (unpaired) electrons. The predicted molar refractivity (Wildman–Crippen MR) is 102 cm³/mol. The highest BCUT2D eigenvalue weighted by molar-refractivity contribution is 5.99. The molecule has 0 aliphatic carbocycles. The summed E-state index contributed by atoms with van der Waals surface area (Å²) in [6.07, 6.45) is 5.50. The Labute approximate surface area is 157 Å². The number of carbonyl (C=O) groups excluding carboxylic acids is 2. The summed E-state index contributed by atoms with van der Waals surface area (Å²) < 4.78 is 1.65. The molecule has 7 nitrogen and oxygen atoms in total. The van der Waals surface area contributed by atoms with Gasteiger partial charge in [-0.3, -0.25) is 14.4 Å². The molecule has 2 N–H and O–H groups in total. The van der Waals surface area contributed by atoms with E-state index in [4.69, 9.17) is 5.11 Å². The normalized spacial score (nSPS) is 17.1. The molecule has 3 rings (SSSR count). The number of nitrogens with zero attached hydrogens (tertiary/aromatic N) is 2. The highest BCUT2D eigenvalue weighted by Gasteiger charge is 2.31. The molecule has 1 aromatic heterocycles. The zero-order valence-electron chi connectivity index (χ0n) is 15.5. The Hall–Kier alpha value is -2.83. The maximum Gasteiger partial charge on any atom is 0.323 e. The smallest absolute Gasteiger partial charge is 0.323 e. The number of amides is 2. The van der Waals surface area contributed by atoms with Gasteiger partial charge in [0.2, 0.25) is 11.8 Å². The molecule has 2 amide bonds. The molecule has 1 aliphatic heterocycles. The molecule has 1 fully saturated rings. The molecule has 1 unspecified atom stereocenters. The van der Waals surface area contributed by atoms with Crippen LogP contribution in [0.1, 0.15) is 39.0 Å². The fraction of sp³-hybridized carbons (Fsp3) is 0.450. The van der Waals surface area contributed by atoms with E-state index in [1.54, 1.807) is 27.8 Å². The number of rotatable bonds is 6. The Morgan fingerprint density at radius 1 is 1.22 bits per heavy atom. The maximum absolute atomic E-state index is 12.8. The van der Waals surface area contributed by atoms with Gasteiger partial charge in [-0.15, -0.1) is 0 Å². The maximum atomic E-state index is 12.8. The van der Waals surface area contributed by atoms with Crippen molar-refractivity contribution in [3.8, 4) is 0 Å². The SMILES string of the molecule is CCCC(=O)N1CCCCC1C(=O)Nc1ccc2c(ccn2CC(=O)O)c1. The van der Waals surface area contributed by atoms with Gasteiger partial charge in [-0.25, -0.2) is 0 Å². The number of hydrogen-bond acceptors (Lipinski definition) is 3. The molecule has 0 saturated carbocycles. The average Bonchev–Trinajstić information content (AvgIpc) is 3.03. The third-order valence-corrected chi connectivity index (χ3v) is 4.93. The van der Waals surface area contributed by atoms with E-state index in [1.165, 1.54) is 0 Å². The van der Waals surface area contributed by atoms with E-state index in [-0.39, 0.29) is 18.4 Å². The molecule has 2 aromatic rings. The quantitative estimate of drug-likeness (QED) is 0.817. The second-order valence-corrected chi connectivity index (χ2v) is 6.95. The molecule has 1 saturated heterocycles. The number of carboxylic acid groups (broad SMARTS) is 1. The van der Waals surface area contributed by atoms with E-state index in [1.807, 2.05) is 19.1 Å². The van der Waals surface area contributed by atoms with Crippen molar-refractivity contribution < 1.29 is 19.5 Å². The second kappa shape index (κ2) is 8.24. The molecule has 0 bridgehead atoms. The summed E-state index contributed by atoms with van der Waals surface area (Å²) in [5.41, 5.74) is 1.45. The van der Waals surface area contributed by atoms with Crippen molar-refractivity contribution in [3.63, 3.8) is 0 Å². The summed E-state index contributed by atoms with van der Waals surface area (Å²) in [7, 11) is 0. The first-order valence-corrected chi connectivity index (χ1v) is 9.40. The predicted octanol–water partition coefficient (Wildman–Crippen LogP) is 2.85. The average molecular weight is 371 g/mol. The fourth-order valence-corrected chi connectivity index (χ4v) is 3.65. The Kier molecular flexibility index (Phi) is 5.78. The third kappa shape index (κ3) is 4.30. The summed E-state index contributed by atoms with van der Waals surface area (Å²) in [5.74, 6) is -1.03. The van der Waals surface area contributed by atoms with Crippen molar-refractivity contribution in [1.29, 1.82) is 0 Å². The van der Waals surface area contributed by atoms with Crippen LogP contribution in [0.4, 0.5) is 5.69 Å². The van der Waals surface area contributed by atoms with Crippen LogP contribution in [0.25, 0.3) is 10.9 Å². The Balaban J connectivity index is 1.74. The van der Waals surface area contributed by atoms with Gasteiger partial charge >= 0.3 is 5.97 Å². The van der Waals surface area contributed by atoms with Crippen molar-refractivity contribution in [2.75, 3.05) is 11.9 Å². The van der Waals surface area contributed by atoms with Gasteiger partial charge in [-0.1, -0.05) is 6.92 Å². The van der Waals surface area contributed by atoms with Gasteiger partial charge in [-0.05, 0) is 49.9 Å². The molecule has 27 heavy (non-hydrogen) atoms. The topological polar surface area (TPSA) is 91.6 Å². The minimum absolute atomic E-state index is 0.0403. The first-order valence-electron chi connectivity index (χ1n) is 9.40. The Morgan fingerprint density at radius 2 is 2.04 bits per heavy atom. The summed E-state index contributed by atoms with van der Waals surface area (Å²) in [6.45, 7) is 2.49.